The molecule has 1 aliphatic rings. The third-order valence-electron chi connectivity index (χ3n) is 3.95. The molecule has 2 N–H and O–H groups in total. The maximum Gasteiger partial charge on any atom is 0.240 e. The third kappa shape index (κ3) is 5.43. The molecule has 0 aliphatic carbocycles. The standard InChI is InChI=1S/C20H20N4O3S/c1-13-3-7-15(8-4-13)22-18(25)11-17-19(26)23-20(28-17)24-21-12-14-5-9-16(27-2)10-6-14/h3-10,12,17H,11H2,1-2H3,(H,22,25)(H,23,24,26)/b21-12+. The van der Waals surface area contributed by atoms with Crippen molar-refractivity contribution in [2.45, 2.75) is 18.6 Å². The van der Waals surface area contributed by atoms with Crippen LogP contribution in [0.1, 0.15) is 17.5 Å². The summed E-state index contributed by atoms with van der Waals surface area (Å²) in [6.07, 6.45) is 1.64. The summed E-state index contributed by atoms with van der Waals surface area (Å²) in [6.45, 7) is 1.98. The first-order chi connectivity index (χ1) is 13.5. The number of hydrogen-bond acceptors (Lipinski definition) is 6. The van der Waals surface area contributed by atoms with Crippen molar-refractivity contribution in [1.82, 2.24) is 5.32 Å². The fourth-order valence-corrected chi connectivity index (χ4v) is 3.37. The van der Waals surface area contributed by atoms with Crippen molar-refractivity contribution < 1.29 is 14.3 Å². The second-order valence-electron chi connectivity index (χ2n) is 6.14. The van der Waals surface area contributed by atoms with Gasteiger partial charge in [0.25, 0.3) is 0 Å². The summed E-state index contributed by atoms with van der Waals surface area (Å²) in [5.74, 6) is 0.288. The van der Waals surface area contributed by atoms with Crippen molar-refractivity contribution in [1.29, 1.82) is 0 Å². The molecule has 2 aromatic carbocycles. The molecule has 1 atom stereocenters. The van der Waals surface area contributed by atoms with Gasteiger partial charge in [-0.3, -0.25) is 9.59 Å². The van der Waals surface area contributed by atoms with E-state index in [1.165, 1.54) is 11.8 Å². The monoisotopic (exact) mass is 396 g/mol. The van der Waals surface area contributed by atoms with E-state index in [0.717, 1.165) is 16.9 Å². The fraction of sp³-hybridized carbons (Fsp3) is 0.200. The van der Waals surface area contributed by atoms with E-state index in [1.807, 2.05) is 55.5 Å². The van der Waals surface area contributed by atoms with Crippen molar-refractivity contribution in [3.05, 3.63) is 59.7 Å². The molecule has 144 valence electrons. The number of carbonyl (C=O) groups is 2. The fourth-order valence-electron chi connectivity index (χ4n) is 2.44. The molecule has 8 heteroatoms. The molecular weight excluding hydrogens is 376 g/mol. The molecule has 0 bridgehead atoms. The lowest BCUT2D eigenvalue weighted by atomic mass is 10.2. The van der Waals surface area contributed by atoms with Gasteiger partial charge in [-0.25, -0.2) is 0 Å². The molecule has 1 aliphatic heterocycles. The second-order valence-corrected chi connectivity index (χ2v) is 7.33. The number of rotatable bonds is 6. The van der Waals surface area contributed by atoms with Crippen molar-refractivity contribution in [2.75, 3.05) is 12.4 Å². The van der Waals surface area contributed by atoms with Gasteiger partial charge >= 0.3 is 0 Å². The molecular formula is C20H20N4O3S. The number of thioether (sulfide) groups is 1. The Morgan fingerprint density at radius 2 is 1.93 bits per heavy atom. The van der Waals surface area contributed by atoms with Gasteiger partial charge in [-0.15, -0.1) is 5.10 Å². The van der Waals surface area contributed by atoms with Crippen LogP contribution in [0.2, 0.25) is 0 Å². The highest BCUT2D eigenvalue weighted by molar-refractivity contribution is 8.15. The summed E-state index contributed by atoms with van der Waals surface area (Å²) >= 11 is 1.20. The predicted molar refractivity (Wildman–Crippen MR) is 112 cm³/mol. The van der Waals surface area contributed by atoms with Gasteiger partial charge in [0, 0.05) is 12.1 Å². The van der Waals surface area contributed by atoms with E-state index in [9.17, 15) is 9.59 Å². The number of aryl methyl sites for hydroxylation is 1. The number of amides is 2. The zero-order chi connectivity index (χ0) is 19.9. The van der Waals surface area contributed by atoms with Crippen LogP contribution in [0.4, 0.5) is 5.69 Å². The Labute approximate surface area is 167 Å². The van der Waals surface area contributed by atoms with Gasteiger partial charge in [-0.1, -0.05) is 29.5 Å². The van der Waals surface area contributed by atoms with E-state index in [2.05, 4.69) is 20.8 Å². The first-order valence-corrected chi connectivity index (χ1v) is 9.50. The van der Waals surface area contributed by atoms with E-state index in [1.54, 1.807) is 13.3 Å². The van der Waals surface area contributed by atoms with Gasteiger partial charge in [-0.2, -0.15) is 5.10 Å². The Bertz CT molecular complexity index is 908. The summed E-state index contributed by atoms with van der Waals surface area (Å²) in [4.78, 5) is 24.2. The molecule has 0 radical (unpaired) electrons. The van der Waals surface area contributed by atoms with E-state index >= 15 is 0 Å². The highest BCUT2D eigenvalue weighted by Gasteiger charge is 2.32. The number of ether oxygens (including phenoxy) is 1. The van der Waals surface area contributed by atoms with Crippen LogP contribution >= 0.6 is 11.8 Å². The summed E-state index contributed by atoms with van der Waals surface area (Å²) in [5, 5.41) is 13.3. The molecule has 28 heavy (non-hydrogen) atoms. The quantitative estimate of drug-likeness (QED) is 0.580. The highest BCUT2D eigenvalue weighted by Crippen LogP contribution is 2.23. The van der Waals surface area contributed by atoms with Gasteiger partial charge in [0.05, 0.1) is 13.3 Å². The van der Waals surface area contributed by atoms with Crippen LogP contribution in [-0.2, 0) is 9.59 Å². The summed E-state index contributed by atoms with van der Waals surface area (Å²) in [7, 11) is 1.60. The molecule has 7 nitrogen and oxygen atoms in total. The van der Waals surface area contributed by atoms with Crippen LogP contribution < -0.4 is 15.4 Å². The normalized spacial score (nSPS) is 17.7. The molecule has 0 saturated carbocycles. The highest BCUT2D eigenvalue weighted by atomic mass is 32.2. The number of anilines is 1. The molecule has 0 spiro atoms. The Balaban J connectivity index is 1.53. The summed E-state index contributed by atoms with van der Waals surface area (Å²) < 4.78 is 5.10. The maximum absolute atomic E-state index is 12.2. The number of carbonyl (C=O) groups excluding carboxylic acids is 2. The first-order valence-electron chi connectivity index (χ1n) is 8.62. The van der Waals surface area contributed by atoms with Gasteiger partial charge < -0.3 is 15.4 Å². The van der Waals surface area contributed by atoms with Crippen LogP contribution in [0.5, 0.6) is 5.75 Å². The largest absolute Gasteiger partial charge is 0.497 e. The average molecular weight is 396 g/mol. The van der Waals surface area contributed by atoms with Crippen molar-refractivity contribution >= 4 is 40.6 Å². The lowest BCUT2D eigenvalue weighted by molar-refractivity contribution is -0.122. The van der Waals surface area contributed by atoms with Crippen LogP contribution in [0.15, 0.2) is 58.7 Å². The Hall–Kier alpha value is -3.13. The number of hydrogen-bond donors (Lipinski definition) is 2. The van der Waals surface area contributed by atoms with Gasteiger partial charge in [0.2, 0.25) is 11.8 Å². The maximum atomic E-state index is 12.2. The van der Waals surface area contributed by atoms with Crippen molar-refractivity contribution in [2.24, 2.45) is 10.2 Å². The molecule has 1 heterocycles. The minimum absolute atomic E-state index is 0.0611. The third-order valence-corrected chi connectivity index (χ3v) is 5.03. The van der Waals surface area contributed by atoms with E-state index < -0.39 is 5.25 Å². The number of amidine groups is 1. The Morgan fingerprint density at radius 3 is 2.61 bits per heavy atom. The van der Waals surface area contributed by atoms with Crippen molar-refractivity contribution in [3.63, 3.8) is 0 Å². The molecule has 1 unspecified atom stereocenters. The zero-order valence-electron chi connectivity index (χ0n) is 15.5. The van der Waals surface area contributed by atoms with Crippen LogP contribution in [-0.4, -0.2) is 35.6 Å². The van der Waals surface area contributed by atoms with Crippen LogP contribution in [0.3, 0.4) is 0 Å². The second kappa shape index (κ2) is 9.18. The lowest BCUT2D eigenvalue weighted by Crippen LogP contribution is -2.28. The molecule has 3 rings (SSSR count). The molecule has 1 saturated heterocycles. The Kier molecular flexibility index (Phi) is 6.44. The van der Waals surface area contributed by atoms with E-state index in [4.69, 9.17) is 4.74 Å². The SMILES string of the molecule is COc1ccc(/C=N/N=C2\NC(=O)C(CC(=O)Nc3ccc(C)cc3)S2)cc1. The zero-order valence-corrected chi connectivity index (χ0v) is 16.3. The van der Waals surface area contributed by atoms with Gasteiger partial charge in [0.15, 0.2) is 5.17 Å². The predicted octanol–water partition coefficient (Wildman–Crippen LogP) is 2.95. The number of methoxy groups -OCH3 is 1. The molecule has 2 aromatic rings. The summed E-state index contributed by atoms with van der Waals surface area (Å²) in [6, 6.07) is 14.8. The summed E-state index contributed by atoms with van der Waals surface area (Å²) in [5.41, 5.74) is 2.67. The van der Waals surface area contributed by atoms with Crippen LogP contribution in [0, 0.1) is 6.92 Å². The van der Waals surface area contributed by atoms with Crippen molar-refractivity contribution in [3.8, 4) is 5.75 Å². The van der Waals surface area contributed by atoms with Gasteiger partial charge in [-0.05, 0) is 48.9 Å². The minimum Gasteiger partial charge on any atom is -0.497 e. The lowest BCUT2D eigenvalue weighted by Gasteiger charge is -2.07. The minimum atomic E-state index is -0.527. The number of nitrogens with one attached hydrogen (secondary N) is 2. The molecule has 0 aromatic heterocycles. The van der Waals surface area contributed by atoms with E-state index in [-0.39, 0.29) is 18.2 Å². The average Bonchev–Trinajstić information content (AvgIpc) is 3.03. The topological polar surface area (TPSA) is 92.2 Å². The van der Waals surface area contributed by atoms with E-state index in [0.29, 0.717) is 10.9 Å². The smallest absolute Gasteiger partial charge is 0.240 e. The van der Waals surface area contributed by atoms with Gasteiger partial charge in [0.1, 0.15) is 11.0 Å². The first kappa shape index (κ1) is 19.6. The number of benzene rings is 2. The van der Waals surface area contributed by atoms with Crippen LogP contribution in [0.25, 0.3) is 0 Å². The Morgan fingerprint density at radius 1 is 1.21 bits per heavy atom. The molecule has 1 fully saturated rings. The molecule has 2 amide bonds. The number of nitrogens with zero attached hydrogens (tertiary/aromatic N) is 2.